The summed E-state index contributed by atoms with van der Waals surface area (Å²) < 4.78 is 68.6. The molecule has 0 aromatic heterocycles. The van der Waals surface area contributed by atoms with Gasteiger partial charge in [-0.2, -0.15) is 0 Å². The highest BCUT2D eigenvalue weighted by molar-refractivity contribution is 7.47. The fraction of sp³-hybridized carbons (Fsp3) is 0.949. The highest BCUT2D eigenvalue weighted by Crippen LogP contribution is 2.45. The Morgan fingerprint density at radius 1 is 0.286 bits per heavy atom. The van der Waals surface area contributed by atoms with E-state index in [1.807, 2.05) is 0 Å². The summed E-state index contributed by atoms with van der Waals surface area (Å²) in [6.07, 6.45) is 54.0. The molecule has 582 valence electrons. The van der Waals surface area contributed by atoms with Gasteiger partial charge in [-0.25, -0.2) is 9.13 Å². The minimum absolute atomic E-state index is 0.104. The van der Waals surface area contributed by atoms with E-state index in [1.165, 1.54) is 205 Å². The Balaban J connectivity index is 5.26. The maximum atomic E-state index is 13.1. The maximum Gasteiger partial charge on any atom is 0.472 e. The van der Waals surface area contributed by atoms with Gasteiger partial charge < -0.3 is 33.8 Å². The Bertz CT molecular complexity index is 1920. The van der Waals surface area contributed by atoms with E-state index < -0.39 is 97.5 Å². The molecule has 0 aromatic carbocycles. The molecule has 0 radical (unpaired) electrons. The summed E-state index contributed by atoms with van der Waals surface area (Å²) in [5.74, 6) is 1.02. The smallest absolute Gasteiger partial charge is 0.462 e. The predicted molar refractivity (Wildman–Crippen MR) is 400 cm³/mol. The van der Waals surface area contributed by atoms with Crippen LogP contribution in [0.4, 0.5) is 0 Å². The molecule has 0 saturated heterocycles. The zero-order chi connectivity index (χ0) is 72.4. The van der Waals surface area contributed by atoms with E-state index in [9.17, 15) is 43.2 Å². The summed E-state index contributed by atoms with van der Waals surface area (Å²) in [6.45, 7) is 14.3. The van der Waals surface area contributed by atoms with Gasteiger partial charge in [0.05, 0.1) is 26.4 Å². The molecule has 0 rings (SSSR count). The molecule has 17 nitrogen and oxygen atoms in total. The van der Waals surface area contributed by atoms with E-state index in [0.717, 1.165) is 114 Å². The molecule has 5 unspecified atom stereocenters. The monoisotopic (exact) mass is 1440 g/mol. The van der Waals surface area contributed by atoms with E-state index in [4.69, 9.17) is 37.0 Å². The molecule has 0 fully saturated rings. The Kier molecular flexibility index (Phi) is 66.8. The van der Waals surface area contributed by atoms with Crippen LogP contribution in [0, 0.1) is 23.7 Å². The number of phosphoric acid groups is 2. The van der Waals surface area contributed by atoms with Crippen LogP contribution in [0.25, 0.3) is 0 Å². The molecule has 0 saturated carbocycles. The van der Waals surface area contributed by atoms with Crippen molar-refractivity contribution in [3.8, 4) is 0 Å². The third kappa shape index (κ3) is 69.8. The van der Waals surface area contributed by atoms with Crippen LogP contribution in [0.3, 0.4) is 0 Å². The highest BCUT2D eigenvalue weighted by atomic mass is 31.2. The van der Waals surface area contributed by atoms with E-state index in [-0.39, 0.29) is 25.7 Å². The Morgan fingerprint density at radius 2 is 0.490 bits per heavy atom. The number of unbranched alkanes of at least 4 members (excludes halogenated alkanes) is 40. The van der Waals surface area contributed by atoms with Crippen LogP contribution in [0.2, 0.25) is 0 Å². The first kappa shape index (κ1) is 96.1. The Morgan fingerprint density at radius 3 is 0.724 bits per heavy atom. The van der Waals surface area contributed by atoms with Crippen LogP contribution >= 0.6 is 15.6 Å². The minimum Gasteiger partial charge on any atom is -0.462 e. The van der Waals surface area contributed by atoms with Gasteiger partial charge in [0, 0.05) is 25.7 Å². The summed E-state index contributed by atoms with van der Waals surface area (Å²) in [5, 5.41) is 10.6. The van der Waals surface area contributed by atoms with Gasteiger partial charge in [0.2, 0.25) is 0 Å². The number of hydrogen-bond donors (Lipinski definition) is 3. The molecule has 7 atom stereocenters. The predicted octanol–water partition coefficient (Wildman–Crippen LogP) is 23.2. The van der Waals surface area contributed by atoms with Gasteiger partial charge in [0.25, 0.3) is 0 Å². The molecular weight excluding hydrogens is 1280 g/mol. The van der Waals surface area contributed by atoms with Crippen LogP contribution in [0.5, 0.6) is 0 Å². The maximum absolute atomic E-state index is 13.1. The van der Waals surface area contributed by atoms with Gasteiger partial charge in [0.1, 0.15) is 19.3 Å². The number of aliphatic hydroxyl groups is 1. The number of aliphatic hydroxyl groups excluding tert-OH is 1. The molecular formula is C79H154O17P2. The van der Waals surface area contributed by atoms with Crippen molar-refractivity contribution in [2.24, 2.45) is 23.7 Å². The highest BCUT2D eigenvalue weighted by Gasteiger charge is 2.30. The number of carbonyl (C=O) groups is 4. The molecule has 0 aliphatic rings. The van der Waals surface area contributed by atoms with Gasteiger partial charge in [-0.05, 0) is 49.4 Å². The molecule has 98 heavy (non-hydrogen) atoms. The van der Waals surface area contributed by atoms with Gasteiger partial charge in [0.15, 0.2) is 12.2 Å². The first-order chi connectivity index (χ1) is 47.2. The normalized spacial score (nSPS) is 14.6. The van der Waals surface area contributed by atoms with Crippen LogP contribution < -0.4 is 0 Å². The lowest BCUT2D eigenvalue weighted by molar-refractivity contribution is -0.161. The molecule has 0 spiro atoms. The van der Waals surface area contributed by atoms with Crippen molar-refractivity contribution in [1.29, 1.82) is 0 Å². The van der Waals surface area contributed by atoms with Crippen molar-refractivity contribution in [2.75, 3.05) is 39.6 Å². The number of carbonyl (C=O) groups excluding carboxylic acids is 4. The average Bonchev–Trinajstić information content (AvgIpc) is 1.30. The van der Waals surface area contributed by atoms with Gasteiger partial charge in [-0.1, -0.05) is 351 Å². The molecule has 0 aliphatic carbocycles. The van der Waals surface area contributed by atoms with E-state index in [2.05, 4.69) is 55.4 Å². The van der Waals surface area contributed by atoms with Crippen LogP contribution in [-0.4, -0.2) is 96.7 Å². The fourth-order valence-electron chi connectivity index (χ4n) is 12.0. The molecule has 0 aromatic rings. The van der Waals surface area contributed by atoms with Crippen molar-refractivity contribution in [3.63, 3.8) is 0 Å². The summed E-state index contributed by atoms with van der Waals surface area (Å²) in [7, 11) is -9.92. The third-order valence-electron chi connectivity index (χ3n) is 19.0. The average molecular weight is 1440 g/mol. The standard InChI is InChI=1S/C79H154O17P2/c1-9-71(7)57-49-41-33-24-20-16-12-14-17-21-25-35-43-51-59-76(81)89-65-74(95-78(83)61-53-45-37-26-22-18-13-11-15-19-23-31-39-47-55-69(3)4)67-93-97(85,86)91-63-73(80)64-92-98(87,88)94-68-75(66-90-77(82)60-52-44-36-29-27-32-40-48-56-70(5)6)96-79(84)62-54-46-38-30-28-34-42-50-58-72(8)10-2/h69-75,80H,9-68H2,1-8H3,(H,85,86)(H,87,88)/t71?,72?,73?,74-,75-/m1/s1. The van der Waals surface area contributed by atoms with Crippen molar-refractivity contribution < 1.29 is 80.2 Å². The SMILES string of the molecule is CCC(C)CCCCCCCCCCCCCCCCC(=O)OC[C@H](COP(=O)(O)OCC(O)COP(=O)(O)OC[C@@H](COC(=O)CCCCCCCCCCC(C)C)OC(=O)CCCCCCCCCCC(C)CC)OC(=O)CCCCCCCCCCCCCCCCC(C)C. The first-order valence-electron chi connectivity index (χ1n) is 40.8. The molecule has 19 heteroatoms. The molecule has 3 N–H and O–H groups in total. The number of hydrogen-bond acceptors (Lipinski definition) is 15. The summed E-state index contributed by atoms with van der Waals surface area (Å²) in [4.78, 5) is 72.9. The largest absolute Gasteiger partial charge is 0.472 e. The minimum atomic E-state index is -4.96. The fourth-order valence-corrected chi connectivity index (χ4v) is 13.6. The van der Waals surface area contributed by atoms with Crippen LogP contribution in [0.15, 0.2) is 0 Å². The van der Waals surface area contributed by atoms with Gasteiger partial charge >= 0.3 is 39.5 Å². The number of phosphoric ester groups is 2. The molecule has 0 heterocycles. The van der Waals surface area contributed by atoms with Crippen molar-refractivity contribution >= 4 is 39.5 Å². The second kappa shape index (κ2) is 68.2. The zero-order valence-electron chi connectivity index (χ0n) is 64.4. The van der Waals surface area contributed by atoms with Crippen molar-refractivity contribution in [1.82, 2.24) is 0 Å². The number of esters is 4. The lowest BCUT2D eigenvalue weighted by atomic mass is 9.99. The quantitative estimate of drug-likeness (QED) is 0.0222. The first-order valence-corrected chi connectivity index (χ1v) is 43.8. The van der Waals surface area contributed by atoms with Crippen molar-refractivity contribution in [3.05, 3.63) is 0 Å². The Hall–Kier alpha value is -1.94. The van der Waals surface area contributed by atoms with Crippen molar-refractivity contribution in [2.45, 2.75) is 420 Å². The second-order valence-corrected chi connectivity index (χ2v) is 32.8. The summed E-state index contributed by atoms with van der Waals surface area (Å²) in [6, 6.07) is 0. The Labute approximate surface area is 600 Å². The molecule has 0 bridgehead atoms. The van der Waals surface area contributed by atoms with E-state index in [0.29, 0.717) is 25.7 Å². The lowest BCUT2D eigenvalue weighted by Gasteiger charge is -2.21. The van der Waals surface area contributed by atoms with E-state index in [1.54, 1.807) is 0 Å². The van der Waals surface area contributed by atoms with Gasteiger partial charge in [-0.3, -0.25) is 37.3 Å². The van der Waals surface area contributed by atoms with Gasteiger partial charge in [-0.15, -0.1) is 0 Å². The van der Waals surface area contributed by atoms with Crippen LogP contribution in [-0.2, 0) is 65.4 Å². The van der Waals surface area contributed by atoms with Crippen LogP contribution in [0.1, 0.15) is 402 Å². The zero-order valence-corrected chi connectivity index (χ0v) is 66.2. The third-order valence-corrected chi connectivity index (χ3v) is 20.9. The number of ether oxygens (including phenoxy) is 4. The topological polar surface area (TPSA) is 237 Å². The number of rotatable bonds is 76. The molecule has 0 amide bonds. The summed E-state index contributed by atoms with van der Waals surface area (Å²) >= 11 is 0. The summed E-state index contributed by atoms with van der Waals surface area (Å²) in [5.41, 5.74) is 0. The van der Waals surface area contributed by atoms with E-state index >= 15 is 0 Å². The lowest BCUT2D eigenvalue weighted by Crippen LogP contribution is -2.30. The second-order valence-electron chi connectivity index (χ2n) is 29.9. The molecule has 0 aliphatic heterocycles.